The Morgan fingerprint density at radius 3 is 2.57 bits per heavy atom. The summed E-state index contributed by atoms with van der Waals surface area (Å²) >= 11 is 0. The molecule has 0 atom stereocenters. The normalized spacial score (nSPS) is 15.1. The number of carbonyl (C=O) groups excluding carboxylic acids is 1. The Morgan fingerprint density at radius 2 is 1.91 bits per heavy atom. The minimum Gasteiger partial charge on any atom is -0.353 e. The number of sulfonamides is 1. The number of anilines is 2. The van der Waals surface area contributed by atoms with E-state index < -0.39 is 10.0 Å². The van der Waals surface area contributed by atoms with Crippen LogP contribution < -0.4 is 14.9 Å². The highest BCUT2D eigenvalue weighted by atomic mass is 32.2. The predicted molar refractivity (Wildman–Crippen MR) is 86.7 cm³/mol. The molecule has 0 unspecified atom stereocenters. The van der Waals surface area contributed by atoms with Crippen LogP contribution in [0.25, 0.3) is 0 Å². The molecule has 23 heavy (non-hydrogen) atoms. The first-order valence-electron chi connectivity index (χ1n) is 7.10. The van der Waals surface area contributed by atoms with Crippen LogP contribution in [0, 0.1) is 0 Å². The van der Waals surface area contributed by atoms with Crippen molar-refractivity contribution in [2.45, 2.75) is 4.90 Å². The van der Waals surface area contributed by atoms with Crippen LogP contribution in [0.1, 0.15) is 0 Å². The van der Waals surface area contributed by atoms with E-state index in [9.17, 15) is 13.2 Å². The minimum absolute atomic E-state index is 0.0492. The van der Waals surface area contributed by atoms with E-state index in [1.54, 1.807) is 30.3 Å². The zero-order valence-corrected chi connectivity index (χ0v) is 13.1. The Hall–Kier alpha value is -2.61. The third-order valence-corrected chi connectivity index (χ3v) is 4.81. The zero-order chi connectivity index (χ0) is 16.3. The molecule has 0 bridgehead atoms. The third-order valence-electron chi connectivity index (χ3n) is 3.42. The first kappa shape index (κ1) is 15.3. The largest absolute Gasteiger partial charge is 0.353 e. The van der Waals surface area contributed by atoms with E-state index in [1.165, 1.54) is 18.3 Å². The minimum atomic E-state index is -3.63. The highest BCUT2D eigenvalue weighted by Gasteiger charge is 2.18. The fourth-order valence-electron chi connectivity index (χ4n) is 2.28. The number of hydrogen-bond acceptors (Lipinski definition) is 5. The Labute approximate surface area is 134 Å². The number of piperazine rings is 1. The molecule has 1 aliphatic rings. The lowest BCUT2D eigenvalue weighted by Gasteiger charge is -2.27. The number of benzene rings is 1. The Morgan fingerprint density at radius 1 is 1.13 bits per heavy atom. The van der Waals surface area contributed by atoms with Gasteiger partial charge in [-0.3, -0.25) is 9.52 Å². The summed E-state index contributed by atoms with van der Waals surface area (Å²) in [5.74, 6) is 0.592. The van der Waals surface area contributed by atoms with E-state index in [-0.39, 0.29) is 17.3 Å². The molecule has 8 heteroatoms. The number of nitrogens with zero attached hydrogens (tertiary/aromatic N) is 2. The van der Waals surface area contributed by atoms with Crippen molar-refractivity contribution in [3.63, 3.8) is 0 Å². The molecule has 120 valence electrons. The summed E-state index contributed by atoms with van der Waals surface area (Å²) in [6.45, 7) is 1.50. The van der Waals surface area contributed by atoms with Crippen LogP contribution in [0.3, 0.4) is 0 Å². The second-order valence-electron chi connectivity index (χ2n) is 5.10. The quantitative estimate of drug-likeness (QED) is 0.865. The van der Waals surface area contributed by atoms with Gasteiger partial charge in [-0.1, -0.05) is 18.2 Å². The SMILES string of the molecule is O=C1CN(c2ccc(NS(=O)(=O)c3ccccc3)cn2)CCN1. The number of rotatable bonds is 4. The number of hydrogen-bond donors (Lipinski definition) is 2. The molecule has 1 amide bonds. The molecule has 0 spiro atoms. The van der Waals surface area contributed by atoms with E-state index in [0.717, 1.165) is 0 Å². The Kier molecular flexibility index (Phi) is 4.16. The van der Waals surface area contributed by atoms with Crippen LogP contribution in [0.4, 0.5) is 11.5 Å². The van der Waals surface area contributed by atoms with E-state index in [1.807, 2.05) is 4.90 Å². The third kappa shape index (κ3) is 3.59. The van der Waals surface area contributed by atoms with Crippen molar-refractivity contribution in [2.75, 3.05) is 29.3 Å². The first-order chi connectivity index (χ1) is 11.0. The molecule has 0 aliphatic carbocycles. The average molecular weight is 332 g/mol. The number of amides is 1. The van der Waals surface area contributed by atoms with E-state index in [4.69, 9.17) is 0 Å². The molecular formula is C15H16N4O3S. The highest BCUT2D eigenvalue weighted by molar-refractivity contribution is 7.92. The Balaban J connectivity index is 1.74. The maximum absolute atomic E-state index is 12.2. The Bertz CT molecular complexity index is 791. The van der Waals surface area contributed by atoms with Crippen molar-refractivity contribution in [3.05, 3.63) is 48.7 Å². The van der Waals surface area contributed by atoms with Crippen molar-refractivity contribution in [2.24, 2.45) is 0 Å². The standard InChI is InChI=1S/C15H16N4O3S/c20-15-11-19(9-8-16-15)14-7-6-12(10-17-14)18-23(21,22)13-4-2-1-3-5-13/h1-7,10,18H,8-9,11H2,(H,16,20). The predicted octanol–water partition coefficient (Wildman–Crippen LogP) is 0.819. The molecule has 0 radical (unpaired) electrons. The summed E-state index contributed by atoms with van der Waals surface area (Å²) in [6.07, 6.45) is 1.45. The molecule has 7 nitrogen and oxygen atoms in total. The van der Waals surface area contributed by atoms with Gasteiger partial charge in [0, 0.05) is 13.1 Å². The van der Waals surface area contributed by atoms with Crippen LogP contribution in [0.15, 0.2) is 53.6 Å². The van der Waals surface area contributed by atoms with E-state index in [2.05, 4.69) is 15.0 Å². The average Bonchev–Trinajstić information content (AvgIpc) is 2.56. The van der Waals surface area contributed by atoms with Crippen molar-refractivity contribution in [1.82, 2.24) is 10.3 Å². The van der Waals surface area contributed by atoms with Gasteiger partial charge in [0.05, 0.1) is 23.3 Å². The van der Waals surface area contributed by atoms with Crippen molar-refractivity contribution < 1.29 is 13.2 Å². The molecule has 2 aromatic rings. The molecule has 1 aromatic carbocycles. The lowest BCUT2D eigenvalue weighted by atomic mass is 10.3. The number of nitrogens with one attached hydrogen (secondary N) is 2. The number of pyridine rings is 1. The lowest BCUT2D eigenvalue weighted by molar-refractivity contribution is -0.120. The molecule has 3 rings (SSSR count). The van der Waals surface area contributed by atoms with Gasteiger partial charge in [0.25, 0.3) is 10.0 Å². The van der Waals surface area contributed by atoms with Crippen LogP contribution in [-0.2, 0) is 14.8 Å². The summed E-state index contributed by atoms with van der Waals surface area (Å²) in [5, 5.41) is 2.74. The molecule has 2 heterocycles. The summed E-state index contributed by atoms with van der Waals surface area (Å²) in [6, 6.07) is 11.5. The lowest BCUT2D eigenvalue weighted by Crippen LogP contribution is -2.48. The topological polar surface area (TPSA) is 91.4 Å². The first-order valence-corrected chi connectivity index (χ1v) is 8.58. The summed E-state index contributed by atoms with van der Waals surface area (Å²) in [4.78, 5) is 17.7. The summed E-state index contributed by atoms with van der Waals surface area (Å²) in [5.41, 5.74) is 0.374. The molecule has 1 aliphatic heterocycles. The molecule has 1 saturated heterocycles. The van der Waals surface area contributed by atoms with Gasteiger partial charge < -0.3 is 10.2 Å². The van der Waals surface area contributed by atoms with Crippen molar-refractivity contribution in [1.29, 1.82) is 0 Å². The fraction of sp³-hybridized carbons (Fsp3) is 0.200. The monoisotopic (exact) mass is 332 g/mol. The summed E-state index contributed by atoms with van der Waals surface area (Å²) < 4.78 is 26.9. The number of carbonyl (C=O) groups is 1. The maximum atomic E-state index is 12.2. The van der Waals surface area contributed by atoms with Gasteiger partial charge in [0.2, 0.25) is 5.91 Å². The smallest absolute Gasteiger partial charge is 0.261 e. The fourth-order valence-corrected chi connectivity index (χ4v) is 3.35. The van der Waals surface area contributed by atoms with Gasteiger partial charge in [-0.25, -0.2) is 13.4 Å². The van der Waals surface area contributed by atoms with Crippen LogP contribution in [0.2, 0.25) is 0 Å². The second kappa shape index (κ2) is 6.25. The molecule has 2 N–H and O–H groups in total. The molecule has 1 fully saturated rings. The number of aromatic nitrogens is 1. The van der Waals surface area contributed by atoms with Crippen LogP contribution in [-0.4, -0.2) is 38.9 Å². The second-order valence-corrected chi connectivity index (χ2v) is 6.78. The van der Waals surface area contributed by atoms with Gasteiger partial charge in [-0.15, -0.1) is 0 Å². The van der Waals surface area contributed by atoms with E-state index >= 15 is 0 Å². The van der Waals surface area contributed by atoms with Crippen LogP contribution >= 0.6 is 0 Å². The summed E-state index contributed by atoms with van der Waals surface area (Å²) in [7, 11) is -3.63. The van der Waals surface area contributed by atoms with Crippen LogP contribution in [0.5, 0.6) is 0 Å². The van der Waals surface area contributed by atoms with Crippen molar-refractivity contribution in [3.8, 4) is 0 Å². The van der Waals surface area contributed by atoms with Gasteiger partial charge in [0.1, 0.15) is 5.82 Å². The zero-order valence-electron chi connectivity index (χ0n) is 12.3. The van der Waals surface area contributed by atoms with Gasteiger partial charge in [0.15, 0.2) is 0 Å². The molecule has 0 saturated carbocycles. The highest BCUT2D eigenvalue weighted by Crippen LogP contribution is 2.18. The van der Waals surface area contributed by atoms with Gasteiger partial charge in [-0.2, -0.15) is 0 Å². The maximum Gasteiger partial charge on any atom is 0.261 e. The van der Waals surface area contributed by atoms with Crippen molar-refractivity contribution >= 4 is 27.4 Å². The molecule has 1 aromatic heterocycles. The molecular weight excluding hydrogens is 316 g/mol. The van der Waals surface area contributed by atoms with E-state index in [0.29, 0.717) is 24.6 Å². The van der Waals surface area contributed by atoms with Gasteiger partial charge in [-0.05, 0) is 24.3 Å². The van der Waals surface area contributed by atoms with Gasteiger partial charge >= 0.3 is 0 Å².